The van der Waals surface area contributed by atoms with Gasteiger partial charge in [0, 0.05) is 11.3 Å². The molecule has 0 saturated carbocycles. The van der Waals surface area contributed by atoms with Crippen LogP contribution in [-0.4, -0.2) is 5.11 Å². The Morgan fingerprint density at radius 1 is 1.45 bits per heavy atom. The summed E-state index contributed by atoms with van der Waals surface area (Å²) in [6, 6.07) is 7.08. The minimum absolute atomic E-state index is 0.261. The predicted molar refractivity (Wildman–Crippen MR) is 45.9 cm³/mol. The van der Waals surface area contributed by atoms with E-state index in [9.17, 15) is 5.11 Å². The van der Waals surface area contributed by atoms with Gasteiger partial charge in [-0.25, -0.2) is 0 Å². The van der Waals surface area contributed by atoms with Gasteiger partial charge in [0.05, 0.1) is 0 Å². The molecule has 2 nitrogen and oxygen atoms in total. The highest BCUT2D eigenvalue weighted by atomic mass is 16.3. The largest absolute Gasteiger partial charge is 0.507 e. The van der Waals surface area contributed by atoms with E-state index in [1.54, 1.807) is 25.1 Å². The molecule has 0 saturated heterocycles. The zero-order valence-electron chi connectivity index (χ0n) is 6.41. The maximum atomic E-state index is 9.26. The number of rotatable bonds is 1. The lowest BCUT2D eigenvalue weighted by molar-refractivity contribution is 0.474. The molecule has 0 atom stereocenters. The zero-order chi connectivity index (χ0) is 8.27. The van der Waals surface area contributed by atoms with Gasteiger partial charge in [0.2, 0.25) is 0 Å². The number of hydrogen-bond acceptors (Lipinski definition) is 2. The van der Waals surface area contributed by atoms with Crippen molar-refractivity contribution in [2.75, 3.05) is 0 Å². The molecule has 0 aromatic heterocycles. The number of para-hydroxylation sites is 1. The van der Waals surface area contributed by atoms with E-state index in [2.05, 4.69) is 0 Å². The summed E-state index contributed by atoms with van der Waals surface area (Å²) >= 11 is 0. The average molecular weight is 149 g/mol. The van der Waals surface area contributed by atoms with E-state index in [1.165, 1.54) is 0 Å². The highest BCUT2D eigenvalue weighted by Crippen LogP contribution is 2.17. The summed E-state index contributed by atoms with van der Waals surface area (Å²) in [4.78, 5) is 0. The number of allylic oxidation sites excluding steroid dienone is 1. The summed E-state index contributed by atoms with van der Waals surface area (Å²) in [6.45, 7) is 1.78. The zero-order valence-corrected chi connectivity index (χ0v) is 6.41. The second-order valence-corrected chi connectivity index (χ2v) is 2.45. The van der Waals surface area contributed by atoms with Gasteiger partial charge in [-0.15, -0.1) is 0 Å². The van der Waals surface area contributed by atoms with Crippen molar-refractivity contribution >= 4 is 6.08 Å². The molecule has 2 heteroatoms. The Morgan fingerprint density at radius 3 is 2.64 bits per heavy atom. The Labute approximate surface area is 66.0 Å². The van der Waals surface area contributed by atoms with Crippen LogP contribution in [0, 0.1) is 0 Å². The molecule has 0 spiro atoms. The van der Waals surface area contributed by atoms with Crippen LogP contribution in [0.1, 0.15) is 12.5 Å². The average Bonchev–Trinajstić information content (AvgIpc) is 1.93. The summed E-state index contributed by atoms with van der Waals surface area (Å²) < 4.78 is 0. The molecular weight excluding hydrogens is 138 g/mol. The van der Waals surface area contributed by atoms with Crippen molar-refractivity contribution in [1.82, 2.24) is 0 Å². The molecule has 1 aromatic rings. The smallest absolute Gasteiger partial charge is 0.122 e. The van der Waals surface area contributed by atoms with Gasteiger partial charge in [0.1, 0.15) is 5.75 Å². The van der Waals surface area contributed by atoms with Gasteiger partial charge in [0.25, 0.3) is 0 Å². The maximum Gasteiger partial charge on any atom is 0.122 e. The van der Waals surface area contributed by atoms with E-state index < -0.39 is 0 Å². The molecule has 0 unspecified atom stereocenters. The molecular formula is C9H11NO. The first kappa shape index (κ1) is 7.66. The number of phenolic OH excluding ortho intramolecular Hbond substituents is 1. The molecule has 0 aliphatic heterocycles. The van der Waals surface area contributed by atoms with Gasteiger partial charge in [0.15, 0.2) is 0 Å². The topological polar surface area (TPSA) is 46.2 Å². The third-order valence-electron chi connectivity index (χ3n) is 1.32. The summed E-state index contributed by atoms with van der Waals surface area (Å²) in [5, 5.41) is 9.26. The summed E-state index contributed by atoms with van der Waals surface area (Å²) in [5.74, 6) is 0.261. The Hall–Kier alpha value is -1.44. The SMILES string of the molecule is C/C(N)=C/c1ccccc1O. The van der Waals surface area contributed by atoms with Crippen LogP contribution in [0.4, 0.5) is 0 Å². The first-order valence-corrected chi connectivity index (χ1v) is 3.42. The molecule has 0 fully saturated rings. The number of nitrogens with two attached hydrogens (primary N) is 1. The van der Waals surface area contributed by atoms with Crippen LogP contribution in [0.5, 0.6) is 5.75 Å². The molecule has 11 heavy (non-hydrogen) atoms. The van der Waals surface area contributed by atoms with Crippen molar-refractivity contribution in [2.45, 2.75) is 6.92 Å². The van der Waals surface area contributed by atoms with Crippen LogP contribution in [0.3, 0.4) is 0 Å². The van der Waals surface area contributed by atoms with Gasteiger partial charge in [-0.1, -0.05) is 18.2 Å². The van der Waals surface area contributed by atoms with Crippen molar-refractivity contribution in [3.63, 3.8) is 0 Å². The second-order valence-electron chi connectivity index (χ2n) is 2.45. The predicted octanol–water partition coefficient (Wildman–Crippen LogP) is 1.71. The van der Waals surface area contributed by atoms with Crippen molar-refractivity contribution in [3.05, 3.63) is 35.5 Å². The number of hydrogen-bond donors (Lipinski definition) is 2. The van der Waals surface area contributed by atoms with Gasteiger partial charge >= 0.3 is 0 Å². The monoisotopic (exact) mass is 149 g/mol. The lowest BCUT2D eigenvalue weighted by Gasteiger charge is -1.97. The van der Waals surface area contributed by atoms with Crippen LogP contribution in [-0.2, 0) is 0 Å². The minimum atomic E-state index is 0.261. The number of benzene rings is 1. The van der Waals surface area contributed by atoms with Gasteiger partial charge in [-0.3, -0.25) is 0 Å². The van der Waals surface area contributed by atoms with Gasteiger partial charge < -0.3 is 10.8 Å². The first-order valence-electron chi connectivity index (χ1n) is 3.42. The van der Waals surface area contributed by atoms with E-state index in [-0.39, 0.29) is 5.75 Å². The van der Waals surface area contributed by atoms with Crippen LogP contribution in [0.25, 0.3) is 6.08 Å². The summed E-state index contributed by atoms with van der Waals surface area (Å²) in [5.41, 5.74) is 6.89. The van der Waals surface area contributed by atoms with E-state index in [0.29, 0.717) is 5.70 Å². The van der Waals surface area contributed by atoms with Crippen molar-refractivity contribution in [3.8, 4) is 5.75 Å². The van der Waals surface area contributed by atoms with Gasteiger partial charge in [-0.05, 0) is 19.1 Å². The van der Waals surface area contributed by atoms with Gasteiger partial charge in [-0.2, -0.15) is 0 Å². The lowest BCUT2D eigenvalue weighted by atomic mass is 10.2. The molecule has 58 valence electrons. The lowest BCUT2D eigenvalue weighted by Crippen LogP contribution is -1.89. The van der Waals surface area contributed by atoms with E-state index in [4.69, 9.17) is 5.73 Å². The van der Waals surface area contributed by atoms with E-state index >= 15 is 0 Å². The Bertz CT molecular complexity index is 275. The summed E-state index contributed by atoms with van der Waals surface area (Å²) in [6.07, 6.45) is 1.73. The molecule has 1 rings (SSSR count). The quantitative estimate of drug-likeness (QED) is 0.638. The number of phenols is 1. The minimum Gasteiger partial charge on any atom is -0.507 e. The van der Waals surface area contributed by atoms with Crippen LogP contribution in [0.2, 0.25) is 0 Å². The van der Waals surface area contributed by atoms with Crippen molar-refractivity contribution in [1.29, 1.82) is 0 Å². The fourth-order valence-electron chi connectivity index (χ4n) is 0.855. The van der Waals surface area contributed by atoms with Crippen LogP contribution < -0.4 is 5.73 Å². The molecule has 0 bridgehead atoms. The maximum absolute atomic E-state index is 9.26. The second kappa shape index (κ2) is 3.10. The van der Waals surface area contributed by atoms with E-state index in [1.807, 2.05) is 12.1 Å². The number of aromatic hydroxyl groups is 1. The van der Waals surface area contributed by atoms with Crippen LogP contribution >= 0.6 is 0 Å². The molecule has 0 aliphatic carbocycles. The summed E-state index contributed by atoms with van der Waals surface area (Å²) in [7, 11) is 0. The Balaban J connectivity index is 3.04. The fourth-order valence-corrected chi connectivity index (χ4v) is 0.855. The first-order chi connectivity index (χ1) is 5.20. The molecule has 0 heterocycles. The molecule has 0 aliphatic rings. The highest BCUT2D eigenvalue weighted by molar-refractivity contribution is 5.58. The Kier molecular flexibility index (Phi) is 2.16. The molecule has 0 amide bonds. The van der Waals surface area contributed by atoms with E-state index in [0.717, 1.165) is 5.56 Å². The third-order valence-corrected chi connectivity index (χ3v) is 1.32. The van der Waals surface area contributed by atoms with Crippen molar-refractivity contribution < 1.29 is 5.11 Å². The third kappa shape index (κ3) is 2.00. The van der Waals surface area contributed by atoms with Crippen molar-refractivity contribution in [2.24, 2.45) is 5.73 Å². The Morgan fingerprint density at radius 2 is 2.09 bits per heavy atom. The normalized spacial score (nSPS) is 11.5. The highest BCUT2D eigenvalue weighted by Gasteiger charge is 1.93. The fraction of sp³-hybridized carbons (Fsp3) is 0.111. The molecule has 3 N–H and O–H groups in total. The standard InChI is InChI=1S/C9H11NO/c1-7(10)6-8-4-2-3-5-9(8)11/h2-6,11H,10H2,1H3/b7-6-. The molecule has 1 aromatic carbocycles. The molecule has 0 radical (unpaired) electrons. The van der Waals surface area contributed by atoms with Crippen LogP contribution in [0.15, 0.2) is 30.0 Å².